The van der Waals surface area contributed by atoms with Gasteiger partial charge in [0.2, 0.25) is 0 Å². The zero-order chi connectivity index (χ0) is 17.6. The van der Waals surface area contributed by atoms with Crippen LogP contribution >= 0.6 is 11.6 Å². The van der Waals surface area contributed by atoms with Gasteiger partial charge in [0, 0.05) is 43.4 Å². The fourth-order valence-electron chi connectivity index (χ4n) is 2.79. The quantitative estimate of drug-likeness (QED) is 0.889. The molecule has 1 aliphatic heterocycles. The number of nitrogens with one attached hydrogen (secondary N) is 1. The Morgan fingerprint density at radius 3 is 2.64 bits per heavy atom. The molecule has 132 valence electrons. The van der Waals surface area contributed by atoms with Crippen LogP contribution in [0.1, 0.15) is 23.8 Å². The van der Waals surface area contributed by atoms with Crippen molar-refractivity contribution < 1.29 is 4.79 Å². The molecule has 1 aromatic carbocycles. The number of piperazine rings is 1. The Bertz CT molecular complexity index is 714. The molecule has 7 heteroatoms. The lowest BCUT2D eigenvalue weighted by Gasteiger charge is -2.36. The maximum absolute atomic E-state index is 12.6. The van der Waals surface area contributed by atoms with Crippen LogP contribution in [0.4, 0.5) is 11.5 Å². The van der Waals surface area contributed by atoms with Gasteiger partial charge in [0.05, 0.1) is 12.4 Å². The summed E-state index contributed by atoms with van der Waals surface area (Å²) in [4.78, 5) is 25.2. The lowest BCUT2D eigenvalue weighted by molar-refractivity contribution is 0.0740. The van der Waals surface area contributed by atoms with Crippen LogP contribution in [-0.2, 0) is 0 Å². The van der Waals surface area contributed by atoms with Crippen LogP contribution in [0.15, 0.2) is 36.7 Å². The highest BCUT2D eigenvalue weighted by Gasteiger charge is 2.23. The molecule has 0 spiro atoms. The van der Waals surface area contributed by atoms with Crippen LogP contribution < -0.4 is 10.2 Å². The van der Waals surface area contributed by atoms with Crippen molar-refractivity contribution in [2.75, 3.05) is 42.9 Å². The number of hydrogen-bond acceptors (Lipinski definition) is 5. The van der Waals surface area contributed by atoms with E-state index >= 15 is 0 Å². The largest absolute Gasteiger partial charge is 0.369 e. The van der Waals surface area contributed by atoms with Crippen LogP contribution in [-0.4, -0.2) is 53.5 Å². The summed E-state index contributed by atoms with van der Waals surface area (Å²) in [5.74, 6) is 0.629. The molecule has 0 saturated carbocycles. The first kappa shape index (κ1) is 17.5. The van der Waals surface area contributed by atoms with Crippen LogP contribution in [0.2, 0.25) is 5.02 Å². The molecule has 1 fully saturated rings. The molecular formula is C18H22ClN5O. The Balaban J connectivity index is 1.58. The number of amides is 1. The van der Waals surface area contributed by atoms with Gasteiger partial charge in [0.15, 0.2) is 0 Å². The smallest absolute Gasteiger partial charge is 0.274 e. The minimum Gasteiger partial charge on any atom is -0.369 e. The molecule has 0 aliphatic carbocycles. The Morgan fingerprint density at radius 2 is 2.00 bits per heavy atom. The van der Waals surface area contributed by atoms with Crippen LogP contribution in [0.25, 0.3) is 0 Å². The van der Waals surface area contributed by atoms with Crippen molar-refractivity contribution in [3.63, 3.8) is 0 Å². The zero-order valence-corrected chi connectivity index (χ0v) is 15.0. The number of aromatic nitrogens is 2. The first-order chi connectivity index (χ1) is 12.2. The monoisotopic (exact) mass is 359 g/mol. The van der Waals surface area contributed by atoms with E-state index in [9.17, 15) is 4.79 Å². The molecule has 0 bridgehead atoms. The Morgan fingerprint density at radius 1 is 1.20 bits per heavy atom. The third kappa shape index (κ3) is 4.39. The summed E-state index contributed by atoms with van der Waals surface area (Å²) in [6.07, 6.45) is 4.17. The van der Waals surface area contributed by atoms with E-state index in [1.54, 1.807) is 12.4 Å². The molecule has 1 N–H and O–H groups in total. The minimum absolute atomic E-state index is 0.0692. The molecular weight excluding hydrogens is 338 g/mol. The van der Waals surface area contributed by atoms with Crippen molar-refractivity contribution in [1.29, 1.82) is 0 Å². The summed E-state index contributed by atoms with van der Waals surface area (Å²) < 4.78 is 0. The second-order valence-electron chi connectivity index (χ2n) is 5.97. The third-order valence-corrected chi connectivity index (χ3v) is 4.40. The molecule has 0 unspecified atom stereocenters. The topological polar surface area (TPSA) is 61.4 Å². The van der Waals surface area contributed by atoms with Crippen molar-refractivity contribution >= 4 is 29.0 Å². The lowest BCUT2D eigenvalue weighted by atomic mass is 10.2. The standard InChI is InChI=1S/C18H22ClN5O/c1-2-6-20-17-13-21-16(12-22-17)18(25)24-9-7-23(8-10-24)15-5-3-4-14(19)11-15/h3-5,11-13H,2,6-10H2,1H3,(H,20,22). The number of rotatable bonds is 5. The zero-order valence-electron chi connectivity index (χ0n) is 14.3. The van der Waals surface area contributed by atoms with Crippen molar-refractivity contribution in [1.82, 2.24) is 14.9 Å². The second-order valence-corrected chi connectivity index (χ2v) is 6.41. The molecule has 0 atom stereocenters. The summed E-state index contributed by atoms with van der Waals surface area (Å²) in [5.41, 5.74) is 1.48. The molecule has 1 aliphatic rings. The fraction of sp³-hybridized carbons (Fsp3) is 0.389. The molecule has 0 radical (unpaired) electrons. The SMILES string of the molecule is CCCNc1cnc(C(=O)N2CCN(c3cccc(Cl)c3)CC2)cn1. The van der Waals surface area contributed by atoms with Gasteiger partial charge in [-0.25, -0.2) is 9.97 Å². The normalized spacial score (nSPS) is 14.5. The van der Waals surface area contributed by atoms with Crippen molar-refractivity contribution in [2.24, 2.45) is 0 Å². The highest BCUT2D eigenvalue weighted by molar-refractivity contribution is 6.30. The third-order valence-electron chi connectivity index (χ3n) is 4.17. The van der Waals surface area contributed by atoms with Gasteiger partial charge >= 0.3 is 0 Å². The molecule has 3 rings (SSSR count). The summed E-state index contributed by atoms with van der Waals surface area (Å²) in [7, 11) is 0. The molecule has 6 nitrogen and oxygen atoms in total. The van der Waals surface area contributed by atoms with Crippen molar-refractivity contribution in [2.45, 2.75) is 13.3 Å². The fourth-order valence-corrected chi connectivity index (χ4v) is 2.97. The van der Waals surface area contributed by atoms with Crippen LogP contribution in [0, 0.1) is 0 Å². The van der Waals surface area contributed by atoms with Crippen LogP contribution in [0.5, 0.6) is 0 Å². The van der Waals surface area contributed by atoms with E-state index in [-0.39, 0.29) is 5.91 Å². The number of hydrogen-bond donors (Lipinski definition) is 1. The van der Waals surface area contributed by atoms with Crippen LogP contribution in [0.3, 0.4) is 0 Å². The Kier molecular flexibility index (Phi) is 5.71. The van der Waals surface area contributed by atoms with Gasteiger partial charge in [-0.1, -0.05) is 24.6 Å². The molecule has 2 aromatic rings. The summed E-state index contributed by atoms with van der Waals surface area (Å²) in [6.45, 7) is 5.78. The van der Waals surface area contributed by atoms with Crippen molar-refractivity contribution in [3.8, 4) is 0 Å². The summed E-state index contributed by atoms with van der Waals surface area (Å²) >= 11 is 6.06. The molecule has 1 aromatic heterocycles. The molecule has 25 heavy (non-hydrogen) atoms. The molecule has 2 heterocycles. The average Bonchev–Trinajstić information content (AvgIpc) is 2.66. The first-order valence-corrected chi connectivity index (χ1v) is 8.91. The average molecular weight is 360 g/mol. The van der Waals surface area contributed by atoms with E-state index in [4.69, 9.17) is 11.6 Å². The number of carbonyl (C=O) groups excluding carboxylic acids is 1. The van der Waals surface area contributed by atoms with Gasteiger partial charge in [0.1, 0.15) is 11.5 Å². The number of nitrogens with zero attached hydrogens (tertiary/aromatic N) is 4. The van der Waals surface area contributed by atoms with Crippen molar-refractivity contribution in [3.05, 3.63) is 47.4 Å². The van der Waals surface area contributed by atoms with Gasteiger partial charge < -0.3 is 15.1 Å². The number of halogens is 1. The maximum Gasteiger partial charge on any atom is 0.274 e. The van der Waals surface area contributed by atoms with E-state index in [0.29, 0.717) is 24.6 Å². The maximum atomic E-state index is 12.6. The van der Waals surface area contributed by atoms with E-state index in [0.717, 1.165) is 36.8 Å². The molecule has 1 saturated heterocycles. The lowest BCUT2D eigenvalue weighted by Crippen LogP contribution is -2.49. The number of anilines is 2. The summed E-state index contributed by atoms with van der Waals surface area (Å²) in [5, 5.41) is 3.88. The Hall–Kier alpha value is -2.34. The van der Waals surface area contributed by atoms with E-state index in [2.05, 4.69) is 27.1 Å². The predicted octanol–water partition coefficient (Wildman–Crippen LogP) is 2.91. The molecule has 1 amide bonds. The van der Waals surface area contributed by atoms with E-state index < -0.39 is 0 Å². The Labute approximate surface area is 152 Å². The first-order valence-electron chi connectivity index (χ1n) is 8.53. The van der Waals surface area contributed by atoms with Gasteiger partial charge in [-0.3, -0.25) is 4.79 Å². The number of carbonyl (C=O) groups is 1. The highest BCUT2D eigenvalue weighted by atomic mass is 35.5. The second kappa shape index (κ2) is 8.16. The van der Waals surface area contributed by atoms with E-state index in [1.165, 1.54) is 0 Å². The minimum atomic E-state index is -0.0692. The summed E-state index contributed by atoms with van der Waals surface area (Å²) in [6, 6.07) is 7.80. The number of benzene rings is 1. The van der Waals surface area contributed by atoms with Gasteiger partial charge in [-0.2, -0.15) is 0 Å². The van der Waals surface area contributed by atoms with Gasteiger partial charge in [-0.05, 0) is 24.6 Å². The predicted molar refractivity (Wildman–Crippen MR) is 100 cm³/mol. The van der Waals surface area contributed by atoms with E-state index in [1.807, 2.05) is 29.2 Å². The van der Waals surface area contributed by atoms with Gasteiger partial charge in [0.25, 0.3) is 5.91 Å². The van der Waals surface area contributed by atoms with Gasteiger partial charge in [-0.15, -0.1) is 0 Å². The highest BCUT2D eigenvalue weighted by Crippen LogP contribution is 2.21.